The van der Waals surface area contributed by atoms with E-state index >= 15 is 0 Å². The van der Waals surface area contributed by atoms with Crippen molar-refractivity contribution in [2.45, 2.75) is 26.9 Å². The molecule has 0 saturated heterocycles. The Morgan fingerprint density at radius 2 is 2.00 bits per heavy atom. The topological polar surface area (TPSA) is 38.3 Å². The molecule has 0 fully saturated rings. The van der Waals surface area contributed by atoms with Crippen LogP contribution in [-0.2, 0) is 9.63 Å². The van der Waals surface area contributed by atoms with Gasteiger partial charge in [0, 0.05) is 6.92 Å². The van der Waals surface area contributed by atoms with Crippen LogP contribution < -0.4 is 5.48 Å². The fourth-order valence-electron chi connectivity index (χ4n) is 0.201. The van der Waals surface area contributed by atoms with E-state index in [1.54, 1.807) is 0 Å². The van der Waals surface area contributed by atoms with E-state index in [4.69, 9.17) is 4.84 Å². The van der Waals surface area contributed by atoms with Crippen molar-refractivity contribution in [3.8, 4) is 0 Å². The summed E-state index contributed by atoms with van der Waals surface area (Å²) in [6, 6.07) is 0. The third kappa shape index (κ3) is 11.3. The quantitative estimate of drug-likeness (QED) is 0.599. The van der Waals surface area contributed by atoms with Gasteiger partial charge in [-0.3, -0.25) is 9.63 Å². The lowest BCUT2D eigenvalue weighted by molar-refractivity contribution is -0.134. The molecule has 9 heavy (non-hydrogen) atoms. The Balaban J connectivity index is 0. The van der Waals surface area contributed by atoms with E-state index in [0.29, 0.717) is 0 Å². The Morgan fingerprint density at radius 1 is 1.56 bits per heavy atom. The maximum absolute atomic E-state index is 10.1. The number of amides is 1. The number of nitrogens with one attached hydrogen (secondary N) is 1. The molecule has 0 rings (SSSR count). The zero-order valence-electron chi connectivity index (χ0n) is 5.80. The number of carbonyl (C=O) groups excluding carboxylic acids is 1. The molecule has 0 atom stereocenters. The van der Waals surface area contributed by atoms with Gasteiger partial charge in [-0.05, 0) is 13.8 Å². The predicted molar refractivity (Wildman–Crippen MR) is 37.3 cm³/mol. The first kappa shape index (κ1) is 11.5. The Kier molecular flexibility index (Phi) is 7.48. The second kappa shape index (κ2) is 5.85. The first-order chi connectivity index (χ1) is 3.63. The van der Waals surface area contributed by atoms with Gasteiger partial charge in [-0.1, -0.05) is 0 Å². The van der Waals surface area contributed by atoms with Crippen molar-refractivity contribution in [3.63, 3.8) is 0 Å². The van der Waals surface area contributed by atoms with Crippen molar-refractivity contribution < 1.29 is 9.63 Å². The maximum atomic E-state index is 10.1. The fourth-order valence-corrected chi connectivity index (χ4v) is 0.201. The fraction of sp³-hybridized carbons (Fsp3) is 0.800. The van der Waals surface area contributed by atoms with Gasteiger partial charge in [-0.15, -0.1) is 12.4 Å². The standard InChI is InChI=1S/C5H11NO2.ClH/c1-4(2)8-6-5(3)7;/h4H,1-3H3,(H,6,7);1H. The van der Waals surface area contributed by atoms with Gasteiger partial charge in [0.2, 0.25) is 5.91 Å². The second-order valence-corrected chi connectivity index (χ2v) is 1.82. The molecule has 0 aromatic rings. The molecular weight excluding hydrogens is 142 g/mol. The Hall–Kier alpha value is -0.280. The third-order valence-electron chi connectivity index (χ3n) is 0.438. The molecular formula is C5H12ClNO2. The molecule has 0 saturated carbocycles. The van der Waals surface area contributed by atoms with E-state index in [9.17, 15) is 4.79 Å². The van der Waals surface area contributed by atoms with Crippen LogP contribution in [0.3, 0.4) is 0 Å². The lowest BCUT2D eigenvalue weighted by Crippen LogP contribution is -2.23. The van der Waals surface area contributed by atoms with Gasteiger partial charge in [0.05, 0.1) is 6.10 Å². The van der Waals surface area contributed by atoms with Crippen molar-refractivity contribution in [2.75, 3.05) is 0 Å². The molecule has 0 aromatic heterocycles. The van der Waals surface area contributed by atoms with Gasteiger partial charge in [0.25, 0.3) is 0 Å². The number of rotatable bonds is 2. The van der Waals surface area contributed by atoms with Crippen LogP contribution in [0.25, 0.3) is 0 Å². The van der Waals surface area contributed by atoms with E-state index in [0.717, 1.165) is 0 Å². The predicted octanol–water partition coefficient (Wildman–Crippen LogP) is 0.884. The minimum atomic E-state index is -0.168. The zero-order valence-corrected chi connectivity index (χ0v) is 6.62. The summed E-state index contributed by atoms with van der Waals surface area (Å²) in [6.07, 6.45) is 0.0545. The molecule has 0 bridgehead atoms. The highest BCUT2D eigenvalue weighted by atomic mass is 35.5. The lowest BCUT2D eigenvalue weighted by atomic mass is 10.5. The van der Waals surface area contributed by atoms with Gasteiger partial charge >= 0.3 is 0 Å². The summed E-state index contributed by atoms with van der Waals surface area (Å²) >= 11 is 0. The highest BCUT2D eigenvalue weighted by Crippen LogP contribution is 1.80. The van der Waals surface area contributed by atoms with Crippen LogP contribution in [0, 0.1) is 0 Å². The number of hydroxylamine groups is 1. The summed E-state index contributed by atoms with van der Waals surface area (Å²) in [4.78, 5) is 14.8. The van der Waals surface area contributed by atoms with Crippen molar-refractivity contribution in [1.29, 1.82) is 0 Å². The molecule has 0 aliphatic carbocycles. The van der Waals surface area contributed by atoms with Gasteiger partial charge < -0.3 is 0 Å². The molecule has 0 unspecified atom stereocenters. The molecule has 0 aliphatic rings. The van der Waals surface area contributed by atoms with E-state index in [1.165, 1.54) is 6.92 Å². The maximum Gasteiger partial charge on any atom is 0.240 e. The van der Waals surface area contributed by atoms with Gasteiger partial charge in [0.1, 0.15) is 0 Å². The van der Waals surface area contributed by atoms with Gasteiger partial charge in [0.15, 0.2) is 0 Å². The Morgan fingerprint density at radius 3 is 2.11 bits per heavy atom. The molecule has 0 aromatic carbocycles. The average molecular weight is 154 g/mol. The normalized spacial score (nSPS) is 8.44. The largest absolute Gasteiger partial charge is 0.273 e. The van der Waals surface area contributed by atoms with E-state index in [2.05, 4.69) is 5.48 Å². The van der Waals surface area contributed by atoms with Gasteiger partial charge in [-0.25, -0.2) is 5.48 Å². The average Bonchev–Trinajstić information content (AvgIpc) is 1.61. The van der Waals surface area contributed by atoms with E-state index in [1.807, 2.05) is 13.8 Å². The molecule has 0 aliphatic heterocycles. The van der Waals surface area contributed by atoms with Crippen LogP contribution in [0.5, 0.6) is 0 Å². The van der Waals surface area contributed by atoms with Gasteiger partial charge in [-0.2, -0.15) is 0 Å². The number of halogens is 1. The smallest absolute Gasteiger partial charge is 0.240 e. The molecule has 1 N–H and O–H groups in total. The molecule has 3 nitrogen and oxygen atoms in total. The molecule has 0 radical (unpaired) electrons. The molecule has 0 heterocycles. The van der Waals surface area contributed by atoms with Crippen molar-refractivity contribution >= 4 is 18.3 Å². The summed E-state index contributed by atoms with van der Waals surface area (Å²) in [5, 5.41) is 0. The summed E-state index contributed by atoms with van der Waals surface area (Å²) in [7, 11) is 0. The highest BCUT2D eigenvalue weighted by Gasteiger charge is 1.92. The van der Waals surface area contributed by atoms with E-state index < -0.39 is 0 Å². The molecule has 0 spiro atoms. The Labute approximate surface area is 61.1 Å². The molecule has 4 heteroatoms. The summed E-state index contributed by atoms with van der Waals surface area (Å²) < 4.78 is 0. The first-order valence-corrected chi connectivity index (χ1v) is 2.55. The van der Waals surface area contributed by atoms with Crippen LogP contribution in [0.15, 0.2) is 0 Å². The second-order valence-electron chi connectivity index (χ2n) is 1.82. The minimum Gasteiger partial charge on any atom is -0.273 e. The molecule has 56 valence electrons. The summed E-state index contributed by atoms with van der Waals surface area (Å²) in [5.74, 6) is -0.168. The van der Waals surface area contributed by atoms with Crippen LogP contribution in [-0.4, -0.2) is 12.0 Å². The number of hydrogen-bond donors (Lipinski definition) is 1. The highest BCUT2D eigenvalue weighted by molar-refractivity contribution is 5.85. The zero-order chi connectivity index (χ0) is 6.57. The number of hydrogen-bond acceptors (Lipinski definition) is 2. The van der Waals surface area contributed by atoms with Crippen LogP contribution in [0.4, 0.5) is 0 Å². The van der Waals surface area contributed by atoms with Crippen molar-refractivity contribution in [2.24, 2.45) is 0 Å². The van der Waals surface area contributed by atoms with Crippen LogP contribution in [0.2, 0.25) is 0 Å². The van der Waals surface area contributed by atoms with E-state index in [-0.39, 0.29) is 24.4 Å². The number of carbonyl (C=O) groups is 1. The van der Waals surface area contributed by atoms with Crippen molar-refractivity contribution in [1.82, 2.24) is 5.48 Å². The SMILES string of the molecule is CC(=O)NOC(C)C.Cl. The van der Waals surface area contributed by atoms with Crippen LogP contribution in [0.1, 0.15) is 20.8 Å². The van der Waals surface area contributed by atoms with Crippen molar-refractivity contribution in [3.05, 3.63) is 0 Å². The minimum absolute atomic E-state index is 0. The Bertz CT molecular complexity index is 85.0. The summed E-state index contributed by atoms with van der Waals surface area (Å²) in [6.45, 7) is 5.09. The third-order valence-corrected chi connectivity index (χ3v) is 0.438. The lowest BCUT2D eigenvalue weighted by Gasteiger charge is -2.04. The summed E-state index contributed by atoms with van der Waals surface area (Å²) in [5.41, 5.74) is 2.21. The van der Waals surface area contributed by atoms with Crippen LogP contribution >= 0.6 is 12.4 Å². The monoisotopic (exact) mass is 153 g/mol. The first-order valence-electron chi connectivity index (χ1n) is 2.55. The molecule has 1 amide bonds.